The fourth-order valence-electron chi connectivity index (χ4n) is 1.78. The molecule has 0 spiro atoms. The van der Waals surface area contributed by atoms with Crippen LogP contribution in [-0.2, 0) is 6.42 Å². The van der Waals surface area contributed by atoms with E-state index in [0.717, 1.165) is 15.6 Å². The number of halogens is 3. The van der Waals surface area contributed by atoms with Gasteiger partial charge in [-0.15, -0.1) is 0 Å². The zero-order valence-corrected chi connectivity index (χ0v) is 11.9. The predicted octanol–water partition coefficient (Wildman–Crippen LogP) is 4.48. The third-order valence-electron chi connectivity index (χ3n) is 2.72. The number of hydrogen-bond acceptors (Lipinski definition) is 1. The normalized spacial score (nSPS) is 12.4. The number of rotatable bonds is 3. The minimum absolute atomic E-state index is 0.197. The van der Waals surface area contributed by atoms with Gasteiger partial charge in [0.2, 0.25) is 0 Å². The Labute approximate surface area is 119 Å². The van der Waals surface area contributed by atoms with Crippen molar-refractivity contribution in [3.8, 4) is 0 Å². The molecule has 2 rings (SSSR count). The van der Waals surface area contributed by atoms with E-state index in [4.69, 9.17) is 17.3 Å². The summed E-state index contributed by atoms with van der Waals surface area (Å²) in [5.41, 5.74) is 7.91. The molecule has 2 N–H and O–H groups in total. The van der Waals surface area contributed by atoms with Crippen LogP contribution in [0, 0.1) is 5.82 Å². The molecule has 0 aliphatic rings. The van der Waals surface area contributed by atoms with Crippen molar-refractivity contribution in [2.45, 2.75) is 12.5 Å². The zero-order valence-electron chi connectivity index (χ0n) is 9.54. The van der Waals surface area contributed by atoms with Crippen LogP contribution in [0.2, 0.25) is 5.02 Å². The SMILES string of the molecule is NC(Cc1cccc(F)c1)c1ccc(Br)c(Cl)c1. The van der Waals surface area contributed by atoms with E-state index in [9.17, 15) is 4.39 Å². The number of hydrogen-bond donors (Lipinski definition) is 1. The molecule has 0 saturated heterocycles. The Morgan fingerprint density at radius 1 is 1.22 bits per heavy atom. The Hall–Kier alpha value is -0.900. The average molecular weight is 329 g/mol. The van der Waals surface area contributed by atoms with Crippen molar-refractivity contribution in [3.63, 3.8) is 0 Å². The highest BCUT2D eigenvalue weighted by atomic mass is 79.9. The van der Waals surface area contributed by atoms with Gasteiger partial charge in [0.1, 0.15) is 5.82 Å². The van der Waals surface area contributed by atoms with E-state index >= 15 is 0 Å². The lowest BCUT2D eigenvalue weighted by Crippen LogP contribution is -2.13. The molecule has 1 atom stereocenters. The molecular weight excluding hydrogens is 317 g/mol. The number of benzene rings is 2. The minimum atomic E-state index is -0.242. The molecule has 4 heteroatoms. The van der Waals surface area contributed by atoms with Crippen molar-refractivity contribution >= 4 is 27.5 Å². The molecule has 0 bridgehead atoms. The fraction of sp³-hybridized carbons (Fsp3) is 0.143. The van der Waals surface area contributed by atoms with Gasteiger partial charge in [-0.1, -0.05) is 29.8 Å². The predicted molar refractivity (Wildman–Crippen MR) is 76.2 cm³/mol. The summed E-state index contributed by atoms with van der Waals surface area (Å²) < 4.78 is 13.9. The van der Waals surface area contributed by atoms with Crippen molar-refractivity contribution in [3.05, 3.63) is 68.9 Å². The second-order valence-electron chi connectivity index (χ2n) is 4.11. The lowest BCUT2D eigenvalue weighted by atomic mass is 10.00. The molecule has 2 aromatic rings. The van der Waals surface area contributed by atoms with Crippen molar-refractivity contribution in [1.82, 2.24) is 0 Å². The first-order valence-corrected chi connectivity index (χ1v) is 6.68. The highest BCUT2D eigenvalue weighted by Crippen LogP contribution is 2.26. The summed E-state index contributed by atoms with van der Waals surface area (Å²) in [7, 11) is 0. The largest absolute Gasteiger partial charge is 0.324 e. The van der Waals surface area contributed by atoms with Gasteiger partial charge in [0.15, 0.2) is 0 Å². The van der Waals surface area contributed by atoms with Gasteiger partial charge in [-0.3, -0.25) is 0 Å². The van der Waals surface area contributed by atoms with Crippen LogP contribution in [0.15, 0.2) is 46.9 Å². The van der Waals surface area contributed by atoms with Crippen LogP contribution in [0.1, 0.15) is 17.2 Å². The van der Waals surface area contributed by atoms with Crippen LogP contribution in [0.25, 0.3) is 0 Å². The van der Waals surface area contributed by atoms with E-state index in [1.54, 1.807) is 6.07 Å². The Morgan fingerprint density at radius 2 is 2.00 bits per heavy atom. The van der Waals surface area contributed by atoms with Crippen molar-refractivity contribution < 1.29 is 4.39 Å². The van der Waals surface area contributed by atoms with E-state index < -0.39 is 0 Å². The molecule has 0 fully saturated rings. The van der Waals surface area contributed by atoms with E-state index in [0.29, 0.717) is 11.4 Å². The molecule has 0 aliphatic heterocycles. The molecule has 18 heavy (non-hydrogen) atoms. The van der Waals surface area contributed by atoms with Gasteiger partial charge in [-0.05, 0) is 57.7 Å². The van der Waals surface area contributed by atoms with Crippen LogP contribution in [-0.4, -0.2) is 0 Å². The van der Waals surface area contributed by atoms with Gasteiger partial charge in [-0.2, -0.15) is 0 Å². The Bertz CT molecular complexity index is 559. The lowest BCUT2D eigenvalue weighted by molar-refractivity contribution is 0.622. The summed E-state index contributed by atoms with van der Waals surface area (Å²) in [6, 6.07) is 11.9. The van der Waals surface area contributed by atoms with Crippen LogP contribution in [0.4, 0.5) is 4.39 Å². The van der Waals surface area contributed by atoms with E-state index in [2.05, 4.69) is 15.9 Å². The summed E-state index contributed by atoms with van der Waals surface area (Å²) >= 11 is 9.36. The van der Waals surface area contributed by atoms with E-state index in [-0.39, 0.29) is 11.9 Å². The quantitative estimate of drug-likeness (QED) is 0.883. The lowest BCUT2D eigenvalue weighted by Gasteiger charge is -2.13. The summed E-state index contributed by atoms with van der Waals surface area (Å²) in [6.45, 7) is 0. The van der Waals surface area contributed by atoms with Gasteiger partial charge in [-0.25, -0.2) is 4.39 Å². The van der Waals surface area contributed by atoms with Gasteiger partial charge < -0.3 is 5.73 Å². The maximum Gasteiger partial charge on any atom is 0.123 e. The molecule has 1 unspecified atom stereocenters. The van der Waals surface area contributed by atoms with Gasteiger partial charge in [0, 0.05) is 10.5 Å². The maximum absolute atomic E-state index is 13.1. The molecule has 2 aromatic carbocycles. The maximum atomic E-state index is 13.1. The Balaban J connectivity index is 2.16. The first-order valence-electron chi connectivity index (χ1n) is 5.51. The van der Waals surface area contributed by atoms with E-state index in [1.807, 2.05) is 24.3 Å². The highest BCUT2D eigenvalue weighted by Gasteiger charge is 2.09. The molecule has 94 valence electrons. The van der Waals surface area contributed by atoms with Crippen molar-refractivity contribution in [2.24, 2.45) is 5.73 Å². The molecule has 0 aliphatic carbocycles. The Morgan fingerprint density at radius 3 is 2.67 bits per heavy atom. The third kappa shape index (κ3) is 3.31. The standard InChI is InChI=1S/C14H12BrClFN/c15-12-5-4-10(8-13(12)16)14(18)7-9-2-1-3-11(17)6-9/h1-6,8,14H,7,18H2. The molecule has 0 aromatic heterocycles. The Kier molecular flexibility index (Phi) is 4.38. The summed E-state index contributed by atoms with van der Waals surface area (Å²) in [5.74, 6) is -0.242. The molecule has 0 amide bonds. The molecule has 0 saturated carbocycles. The van der Waals surface area contributed by atoms with Gasteiger partial charge in [0.25, 0.3) is 0 Å². The summed E-state index contributed by atoms with van der Waals surface area (Å²) in [4.78, 5) is 0. The van der Waals surface area contributed by atoms with Gasteiger partial charge in [0.05, 0.1) is 5.02 Å². The van der Waals surface area contributed by atoms with E-state index in [1.165, 1.54) is 12.1 Å². The van der Waals surface area contributed by atoms with Crippen LogP contribution in [0.3, 0.4) is 0 Å². The highest BCUT2D eigenvalue weighted by molar-refractivity contribution is 9.10. The smallest absolute Gasteiger partial charge is 0.123 e. The molecule has 0 heterocycles. The zero-order chi connectivity index (χ0) is 13.1. The topological polar surface area (TPSA) is 26.0 Å². The number of nitrogens with two attached hydrogens (primary N) is 1. The molecule has 0 radical (unpaired) electrons. The molecule has 1 nitrogen and oxygen atoms in total. The fourth-order valence-corrected chi connectivity index (χ4v) is 2.21. The summed E-state index contributed by atoms with van der Waals surface area (Å²) in [5, 5.41) is 0.627. The van der Waals surface area contributed by atoms with Crippen molar-refractivity contribution in [2.75, 3.05) is 0 Å². The summed E-state index contributed by atoms with van der Waals surface area (Å²) in [6.07, 6.45) is 0.579. The third-order valence-corrected chi connectivity index (χ3v) is 3.95. The minimum Gasteiger partial charge on any atom is -0.324 e. The average Bonchev–Trinajstić information content (AvgIpc) is 2.32. The van der Waals surface area contributed by atoms with Crippen LogP contribution < -0.4 is 5.73 Å². The second kappa shape index (κ2) is 5.83. The van der Waals surface area contributed by atoms with Crippen LogP contribution >= 0.6 is 27.5 Å². The first-order chi connectivity index (χ1) is 8.56. The van der Waals surface area contributed by atoms with Gasteiger partial charge >= 0.3 is 0 Å². The second-order valence-corrected chi connectivity index (χ2v) is 5.38. The monoisotopic (exact) mass is 327 g/mol. The van der Waals surface area contributed by atoms with Crippen LogP contribution in [0.5, 0.6) is 0 Å². The first kappa shape index (κ1) is 13.5. The molecular formula is C14H12BrClFN. The van der Waals surface area contributed by atoms with Crippen molar-refractivity contribution in [1.29, 1.82) is 0 Å².